The number of carbonyl (C=O) groups is 1. The van der Waals surface area contributed by atoms with Crippen molar-refractivity contribution in [2.45, 2.75) is 0 Å². The Morgan fingerprint density at radius 3 is 2.53 bits per heavy atom. The maximum atomic E-state index is 12.0. The number of hydrogen-bond donors (Lipinski definition) is 0. The average Bonchev–Trinajstić information content (AvgIpc) is 2.82. The van der Waals surface area contributed by atoms with Gasteiger partial charge in [0.1, 0.15) is 5.75 Å². The van der Waals surface area contributed by atoms with Gasteiger partial charge < -0.3 is 14.2 Å². The predicted octanol–water partition coefficient (Wildman–Crippen LogP) is 1.06. The number of hydrogen-bond acceptors (Lipinski definition) is 5. The number of benzene rings is 1. The van der Waals surface area contributed by atoms with E-state index in [2.05, 4.69) is 0 Å². The first-order valence-electron chi connectivity index (χ1n) is 4.97. The van der Waals surface area contributed by atoms with Crippen LogP contribution in [0.3, 0.4) is 0 Å². The molecule has 0 saturated heterocycles. The van der Waals surface area contributed by atoms with E-state index in [1.165, 1.54) is 21.3 Å². The summed E-state index contributed by atoms with van der Waals surface area (Å²) in [6.07, 6.45) is 0. The van der Waals surface area contributed by atoms with Crippen LogP contribution in [0.1, 0.15) is 10.4 Å². The fourth-order valence-corrected chi connectivity index (χ4v) is 1.51. The monoisotopic (exact) mass is 239 g/mol. The Morgan fingerprint density at radius 1 is 1.29 bits per heavy atom. The summed E-state index contributed by atoms with van der Waals surface area (Å²) in [6, 6.07) is 3.21. The molecule has 92 valence electrons. The second kappa shape index (κ2) is 4.50. The molecule has 0 aliphatic carbocycles. The van der Waals surface area contributed by atoms with Crippen LogP contribution in [-0.2, 0) is 4.84 Å². The summed E-state index contributed by atoms with van der Waals surface area (Å²) >= 11 is 0. The van der Waals surface area contributed by atoms with E-state index in [0.717, 1.165) is 5.06 Å². The highest BCUT2D eigenvalue weighted by atomic mass is 16.7. The highest BCUT2D eigenvalue weighted by Gasteiger charge is 2.23. The van der Waals surface area contributed by atoms with E-state index in [1.807, 2.05) is 0 Å². The number of hydroxylamine groups is 2. The molecule has 0 N–H and O–H groups in total. The van der Waals surface area contributed by atoms with E-state index in [-0.39, 0.29) is 12.7 Å². The Balaban J connectivity index is 2.42. The first-order chi connectivity index (χ1) is 8.17. The van der Waals surface area contributed by atoms with Gasteiger partial charge in [0.05, 0.1) is 19.8 Å². The number of fused-ring (bicyclic) bond motifs is 1. The Labute approximate surface area is 98.6 Å². The van der Waals surface area contributed by atoms with Crippen molar-refractivity contribution in [3.05, 3.63) is 17.7 Å². The summed E-state index contributed by atoms with van der Waals surface area (Å²) in [5.41, 5.74) is 0.362. The van der Waals surface area contributed by atoms with Crippen molar-refractivity contribution in [3.63, 3.8) is 0 Å². The molecule has 1 amide bonds. The van der Waals surface area contributed by atoms with Crippen LogP contribution in [0.5, 0.6) is 17.2 Å². The van der Waals surface area contributed by atoms with Crippen LogP contribution >= 0.6 is 0 Å². The van der Waals surface area contributed by atoms with Gasteiger partial charge in [0.2, 0.25) is 6.79 Å². The van der Waals surface area contributed by atoms with Gasteiger partial charge in [0, 0.05) is 19.2 Å². The molecule has 0 spiro atoms. The zero-order chi connectivity index (χ0) is 12.4. The molecule has 6 nitrogen and oxygen atoms in total. The summed E-state index contributed by atoms with van der Waals surface area (Å²) in [6.45, 7) is 0.149. The van der Waals surface area contributed by atoms with Gasteiger partial charge >= 0.3 is 0 Å². The SMILES string of the molecule is COc1cc2c(cc1C(=O)N(C)OC)OCO2. The number of ether oxygens (including phenoxy) is 3. The first kappa shape index (κ1) is 11.5. The van der Waals surface area contributed by atoms with Crippen molar-refractivity contribution in [1.82, 2.24) is 5.06 Å². The average molecular weight is 239 g/mol. The quantitative estimate of drug-likeness (QED) is 0.738. The maximum Gasteiger partial charge on any atom is 0.281 e. The molecule has 0 aromatic heterocycles. The van der Waals surface area contributed by atoms with Gasteiger partial charge in [0.15, 0.2) is 11.5 Å². The molecule has 0 unspecified atom stereocenters. The third-order valence-electron chi connectivity index (χ3n) is 2.48. The molecule has 1 heterocycles. The van der Waals surface area contributed by atoms with Gasteiger partial charge in [-0.1, -0.05) is 0 Å². The van der Waals surface area contributed by atoms with Crippen LogP contribution in [0.2, 0.25) is 0 Å². The molecular weight excluding hydrogens is 226 g/mol. The fourth-order valence-electron chi connectivity index (χ4n) is 1.51. The lowest BCUT2D eigenvalue weighted by molar-refractivity contribution is -0.0758. The van der Waals surface area contributed by atoms with Crippen LogP contribution in [0.15, 0.2) is 12.1 Å². The summed E-state index contributed by atoms with van der Waals surface area (Å²) in [7, 11) is 4.42. The van der Waals surface area contributed by atoms with Crippen molar-refractivity contribution in [2.24, 2.45) is 0 Å². The Hall–Kier alpha value is -1.95. The predicted molar refractivity (Wildman–Crippen MR) is 58.2 cm³/mol. The molecule has 17 heavy (non-hydrogen) atoms. The molecule has 0 radical (unpaired) electrons. The second-order valence-corrected chi connectivity index (χ2v) is 3.39. The molecule has 1 aliphatic heterocycles. The van der Waals surface area contributed by atoms with Crippen LogP contribution in [0, 0.1) is 0 Å². The van der Waals surface area contributed by atoms with Crippen LogP contribution in [0.25, 0.3) is 0 Å². The lowest BCUT2D eigenvalue weighted by atomic mass is 10.1. The summed E-state index contributed by atoms with van der Waals surface area (Å²) < 4.78 is 15.6. The van der Waals surface area contributed by atoms with E-state index < -0.39 is 0 Å². The lowest BCUT2D eigenvalue weighted by Crippen LogP contribution is -2.25. The number of amides is 1. The Kier molecular flexibility index (Phi) is 3.06. The smallest absolute Gasteiger partial charge is 0.281 e. The summed E-state index contributed by atoms with van der Waals surface area (Å²) in [5.74, 6) is 1.20. The highest BCUT2D eigenvalue weighted by Crippen LogP contribution is 2.38. The normalized spacial score (nSPS) is 12.4. The minimum atomic E-state index is -0.317. The number of rotatable bonds is 3. The van der Waals surface area contributed by atoms with Gasteiger partial charge in [0.25, 0.3) is 5.91 Å². The van der Waals surface area contributed by atoms with Gasteiger partial charge in [-0.25, -0.2) is 5.06 Å². The standard InChI is InChI=1S/C11H13NO5/c1-12(15-3)11(13)7-4-9-10(17-6-16-9)5-8(7)14-2/h4-5H,6H2,1-3H3. The Morgan fingerprint density at radius 2 is 1.94 bits per heavy atom. The maximum absolute atomic E-state index is 12.0. The van der Waals surface area contributed by atoms with Crippen LogP contribution in [0.4, 0.5) is 0 Å². The summed E-state index contributed by atoms with van der Waals surface area (Å²) in [5, 5.41) is 1.11. The van der Waals surface area contributed by atoms with Crippen molar-refractivity contribution in [1.29, 1.82) is 0 Å². The molecule has 0 bridgehead atoms. The van der Waals surface area contributed by atoms with Crippen molar-refractivity contribution >= 4 is 5.91 Å². The zero-order valence-electron chi connectivity index (χ0n) is 9.85. The molecule has 1 aromatic rings. The zero-order valence-corrected chi connectivity index (χ0v) is 9.85. The minimum absolute atomic E-state index is 0.149. The molecule has 0 fully saturated rings. The van der Waals surface area contributed by atoms with Crippen molar-refractivity contribution in [2.75, 3.05) is 28.1 Å². The van der Waals surface area contributed by atoms with Crippen molar-refractivity contribution < 1.29 is 23.8 Å². The van der Waals surface area contributed by atoms with Crippen molar-refractivity contribution in [3.8, 4) is 17.2 Å². The third kappa shape index (κ3) is 1.99. The van der Waals surface area contributed by atoms with Crippen LogP contribution < -0.4 is 14.2 Å². The molecular formula is C11H13NO5. The van der Waals surface area contributed by atoms with Gasteiger partial charge in [-0.3, -0.25) is 9.63 Å². The lowest BCUT2D eigenvalue weighted by Gasteiger charge is -2.16. The van der Waals surface area contributed by atoms with Gasteiger partial charge in [-0.15, -0.1) is 0 Å². The number of nitrogens with zero attached hydrogens (tertiary/aromatic N) is 1. The number of methoxy groups -OCH3 is 1. The molecule has 1 aliphatic rings. The fraction of sp³-hybridized carbons (Fsp3) is 0.364. The van der Waals surface area contributed by atoms with Gasteiger partial charge in [-0.05, 0) is 0 Å². The summed E-state index contributed by atoms with van der Waals surface area (Å²) in [4.78, 5) is 16.8. The minimum Gasteiger partial charge on any atom is -0.496 e. The third-order valence-corrected chi connectivity index (χ3v) is 2.48. The van der Waals surface area contributed by atoms with Crippen LogP contribution in [-0.4, -0.2) is 39.0 Å². The van der Waals surface area contributed by atoms with Gasteiger partial charge in [-0.2, -0.15) is 0 Å². The topological polar surface area (TPSA) is 57.2 Å². The van der Waals surface area contributed by atoms with E-state index in [1.54, 1.807) is 12.1 Å². The van der Waals surface area contributed by atoms with E-state index in [4.69, 9.17) is 19.0 Å². The molecule has 0 saturated carbocycles. The molecule has 1 aromatic carbocycles. The largest absolute Gasteiger partial charge is 0.496 e. The first-order valence-corrected chi connectivity index (χ1v) is 4.97. The molecule has 0 atom stereocenters. The second-order valence-electron chi connectivity index (χ2n) is 3.39. The Bertz CT molecular complexity index is 446. The van der Waals surface area contributed by atoms with E-state index >= 15 is 0 Å². The molecule has 6 heteroatoms. The van der Waals surface area contributed by atoms with E-state index in [0.29, 0.717) is 22.8 Å². The molecule has 2 rings (SSSR count). The number of carbonyl (C=O) groups excluding carboxylic acids is 1. The highest BCUT2D eigenvalue weighted by molar-refractivity contribution is 5.97. The van der Waals surface area contributed by atoms with E-state index in [9.17, 15) is 4.79 Å².